The van der Waals surface area contributed by atoms with Gasteiger partial charge in [-0.1, -0.05) is 42.9 Å². The smallest absolute Gasteiger partial charge is 0.00174 e. The Bertz CT molecular complexity index is 371. The van der Waals surface area contributed by atoms with E-state index < -0.39 is 0 Å². The van der Waals surface area contributed by atoms with Gasteiger partial charge in [0.25, 0.3) is 0 Å². The normalized spacial score (nSPS) is 46.7. The van der Waals surface area contributed by atoms with Gasteiger partial charge in [-0.2, -0.15) is 0 Å². The molecule has 0 aromatic carbocycles. The van der Waals surface area contributed by atoms with Gasteiger partial charge in [0.15, 0.2) is 0 Å². The number of hydrogen-bond donors (Lipinski definition) is 0. The molecule has 0 nitrogen and oxygen atoms in total. The summed E-state index contributed by atoms with van der Waals surface area (Å²) in [4.78, 5) is 0. The Morgan fingerprint density at radius 2 is 1.82 bits per heavy atom. The highest BCUT2D eigenvalue weighted by Crippen LogP contribution is 2.43. The molecule has 4 rings (SSSR count). The topological polar surface area (TPSA) is 0 Å². The largest absolute Gasteiger partial charge is 0.0878 e. The third-order valence-corrected chi connectivity index (χ3v) is 5.13. The van der Waals surface area contributed by atoms with Crippen molar-refractivity contribution in [2.45, 2.75) is 39.5 Å². The zero-order valence-corrected chi connectivity index (χ0v) is 11.1. The molecule has 17 heavy (non-hydrogen) atoms. The van der Waals surface area contributed by atoms with Gasteiger partial charge in [0, 0.05) is 0 Å². The van der Waals surface area contributed by atoms with E-state index in [1.807, 2.05) is 0 Å². The van der Waals surface area contributed by atoms with Crippen LogP contribution < -0.4 is 0 Å². The fourth-order valence-corrected chi connectivity index (χ4v) is 4.04. The first-order valence-electron chi connectivity index (χ1n) is 7.28. The van der Waals surface area contributed by atoms with E-state index in [-0.39, 0.29) is 0 Å². The molecule has 4 aliphatic rings. The van der Waals surface area contributed by atoms with Crippen molar-refractivity contribution in [1.29, 1.82) is 0 Å². The minimum absolute atomic E-state index is 0.833. The zero-order chi connectivity index (χ0) is 11.8. The lowest BCUT2D eigenvalue weighted by Gasteiger charge is -2.09. The van der Waals surface area contributed by atoms with Crippen molar-refractivity contribution < 1.29 is 0 Å². The Hall–Kier alpha value is -0.780. The lowest BCUT2D eigenvalue weighted by atomic mass is 9.96. The van der Waals surface area contributed by atoms with Crippen LogP contribution in [0.1, 0.15) is 39.5 Å². The second-order valence-corrected chi connectivity index (χ2v) is 6.31. The number of rotatable bonds is 0. The van der Waals surface area contributed by atoms with Gasteiger partial charge in [0.2, 0.25) is 0 Å². The molecule has 0 heteroatoms. The minimum atomic E-state index is 0.833. The van der Waals surface area contributed by atoms with Crippen molar-refractivity contribution in [2.24, 2.45) is 29.6 Å². The van der Waals surface area contributed by atoms with Gasteiger partial charge in [-0.25, -0.2) is 0 Å². The highest BCUT2D eigenvalue weighted by atomic mass is 14.4. The number of fused-ring (bicyclic) bond motifs is 4. The molecular formula is C17H24. The summed E-state index contributed by atoms with van der Waals surface area (Å²) in [7, 11) is 0. The van der Waals surface area contributed by atoms with Crippen LogP contribution in [0.25, 0.3) is 0 Å². The van der Waals surface area contributed by atoms with E-state index in [4.69, 9.17) is 0 Å². The minimum Gasteiger partial charge on any atom is -0.0878 e. The van der Waals surface area contributed by atoms with Crippen molar-refractivity contribution in [3.63, 3.8) is 0 Å². The summed E-state index contributed by atoms with van der Waals surface area (Å²) in [5, 5.41) is 0. The average molecular weight is 228 g/mol. The van der Waals surface area contributed by atoms with Gasteiger partial charge in [0.05, 0.1) is 0 Å². The van der Waals surface area contributed by atoms with Gasteiger partial charge in [-0.3, -0.25) is 0 Å². The van der Waals surface area contributed by atoms with Crippen LogP contribution in [0.15, 0.2) is 36.0 Å². The van der Waals surface area contributed by atoms with Crippen LogP contribution in [0.4, 0.5) is 0 Å². The molecule has 2 saturated carbocycles. The summed E-state index contributed by atoms with van der Waals surface area (Å²) in [6, 6.07) is 0. The summed E-state index contributed by atoms with van der Waals surface area (Å²) in [5.74, 6) is 4.65. The molecule has 5 unspecified atom stereocenters. The van der Waals surface area contributed by atoms with Crippen molar-refractivity contribution in [3.05, 3.63) is 36.0 Å². The molecule has 0 aliphatic heterocycles. The van der Waals surface area contributed by atoms with Crippen molar-refractivity contribution in [1.82, 2.24) is 0 Å². The zero-order valence-electron chi connectivity index (χ0n) is 11.1. The Morgan fingerprint density at radius 1 is 1.00 bits per heavy atom. The molecule has 2 fully saturated rings. The molecule has 0 radical (unpaired) electrons. The summed E-state index contributed by atoms with van der Waals surface area (Å²) in [5.41, 5.74) is 1.67. The Balaban J connectivity index is 0.000000107. The summed E-state index contributed by atoms with van der Waals surface area (Å²) >= 11 is 0. The molecule has 5 atom stereocenters. The van der Waals surface area contributed by atoms with Crippen LogP contribution in [0.5, 0.6) is 0 Å². The van der Waals surface area contributed by atoms with Gasteiger partial charge in [-0.15, -0.1) is 0 Å². The molecule has 0 heterocycles. The third-order valence-electron chi connectivity index (χ3n) is 5.13. The van der Waals surface area contributed by atoms with E-state index in [1.54, 1.807) is 5.57 Å². The highest BCUT2D eigenvalue weighted by molar-refractivity contribution is 5.26. The van der Waals surface area contributed by atoms with E-state index in [0.29, 0.717) is 0 Å². The van der Waals surface area contributed by atoms with Crippen molar-refractivity contribution in [3.8, 4) is 0 Å². The SMILES string of the molecule is CC1CC2C=CC1C2.CC=C1CC2C=CC1C2. The van der Waals surface area contributed by atoms with Crippen LogP contribution in [0.3, 0.4) is 0 Å². The molecule has 0 saturated heterocycles. The third kappa shape index (κ3) is 2.14. The van der Waals surface area contributed by atoms with Crippen LogP contribution in [-0.2, 0) is 0 Å². The molecule has 0 spiro atoms. The highest BCUT2D eigenvalue weighted by Gasteiger charge is 2.32. The van der Waals surface area contributed by atoms with Crippen LogP contribution in [0, 0.1) is 29.6 Å². The first kappa shape index (κ1) is 11.3. The molecule has 4 aliphatic carbocycles. The van der Waals surface area contributed by atoms with Crippen molar-refractivity contribution in [2.75, 3.05) is 0 Å². The maximum atomic E-state index is 2.40. The predicted molar refractivity (Wildman–Crippen MR) is 73.6 cm³/mol. The Labute approximate surface area is 105 Å². The summed E-state index contributed by atoms with van der Waals surface area (Å²) in [6.45, 7) is 4.53. The molecule has 0 aromatic rings. The van der Waals surface area contributed by atoms with Crippen LogP contribution >= 0.6 is 0 Å². The second kappa shape index (κ2) is 4.48. The maximum Gasteiger partial charge on any atom is -0.00174 e. The second-order valence-electron chi connectivity index (χ2n) is 6.31. The number of allylic oxidation sites excluding steroid dienone is 6. The monoisotopic (exact) mass is 228 g/mol. The number of hydrogen-bond acceptors (Lipinski definition) is 0. The van der Waals surface area contributed by atoms with Crippen LogP contribution in [-0.4, -0.2) is 0 Å². The van der Waals surface area contributed by atoms with E-state index in [2.05, 4.69) is 44.2 Å². The predicted octanol–water partition coefficient (Wildman–Crippen LogP) is 4.75. The first-order chi connectivity index (χ1) is 8.26. The van der Waals surface area contributed by atoms with Crippen molar-refractivity contribution >= 4 is 0 Å². The fraction of sp³-hybridized carbons (Fsp3) is 0.647. The lowest BCUT2D eigenvalue weighted by Crippen LogP contribution is -1.99. The summed E-state index contributed by atoms with van der Waals surface area (Å²) < 4.78 is 0. The molecule has 0 aromatic heterocycles. The van der Waals surface area contributed by atoms with Crippen LogP contribution in [0.2, 0.25) is 0 Å². The van der Waals surface area contributed by atoms with Gasteiger partial charge >= 0.3 is 0 Å². The van der Waals surface area contributed by atoms with E-state index in [9.17, 15) is 0 Å². The van der Waals surface area contributed by atoms with Gasteiger partial charge < -0.3 is 0 Å². The first-order valence-corrected chi connectivity index (χ1v) is 7.28. The Morgan fingerprint density at radius 3 is 2.12 bits per heavy atom. The van der Waals surface area contributed by atoms with Gasteiger partial charge in [-0.05, 0) is 62.2 Å². The molecular weight excluding hydrogens is 204 g/mol. The van der Waals surface area contributed by atoms with E-state index >= 15 is 0 Å². The molecule has 92 valence electrons. The molecule has 4 bridgehead atoms. The van der Waals surface area contributed by atoms with E-state index in [0.717, 1.165) is 29.6 Å². The molecule has 0 amide bonds. The quantitative estimate of drug-likeness (QED) is 0.525. The summed E-state index contributed by atoms with van der Waals surface area (Å²) in [6.07, 6.45) is 17.5. The van der Waals surface area contributed by atoms with Gasteiger partial charge in [0.1, 0.15) is 0 Å². The lowest BCUT2D eigenvalue weighted by molar-refractivity contribution is 0.493. The average Bonchev–Trinajstić information content (AvgIpc) is 3.09. The molecule has 0 N–H and O–H groups in total. The maximum absolute atomic E-state index is 2.40. The Kier molecular flexibility index (Phi) is 2.98. The standard InChI is InChI=1S/C9H12.C8H12/c1-2-8-5-7-3-4-9(8)6-7;1-6-4-7-2-3-8(6)5-7/h2-4,7,9H,5-6H2,1H3;2-3,6-8H,4-5H2,1H3. The fourth-order valence-electron chi connectivity index (χ4n) is 4.04. The van der Waals surface area contributed by atoms with E-state index in [1.165, 1.54) is 25.7 Å².